The Morgan fingerprint density at radius 3 is 2.55 bits per heavy atom. The number of rotatable bonds is 3. The van der Waals surface area contributed by atoms with E-state index in [1.165, 1.54) is 44.9 Å². The summed E-state index contributed by atoms with van der Waals surface area (Å²) in [6.07, 6.45) is 11.7. The molecule has 4 atom stereocenters. The molecule has 3 rings (SSSR count). The molecule has 4 heteroatoms. The minimum Gasteiger partial charge on any atom is -0.354 e. The second-order valence-electron chi connectivity index (χ2n) is 6.85. The predicted octanol–water partition coefficient (Wildman–Crippen LogP) is 2.88. The molecule has 1 heterocycles. The molecule has 2 N–H and O–H groups in total. The third-order valence-electron chi connectivity index (χ3n) is 5.60. The second-order valence-corrected chi connectivity index (χ2v) is 6.85. The molecule has 0 aromatic carbocycles. The van der Waals surface area contributed by atoms with Crippen LogP contribution in [0.4, 0.5) is 0 Å². The van der Waals surface area contributed by atoms with E-state index in [0.717, 1.165) is 37.8 Å². The van der Waals surface area contributed by atoms with Crippen LogP contribution in [0.15, 0.2) is 0 Å². The van der Waals surface area contributed by atoms with Gasteiger partial charge in [0.05, 0.1) is 0 Å². The van der Waals surface area contributed by atoms with Crippen LogP contribution in [-0.2, 0) is 4.79 Å². The van der Waals surface area contributed by atoms with Crippen LogP contribution in [0.1, 0.15) is 57.8 Å². The van der Waals surface area contributed by atoms with Gasteiger partial charge in [-0.15, -0.1) is 12.4 Å². The van der Waals surface area contributed by atoms with Crippen LogP contribution in [0.3, 0.4) is 0 Å². The highest BCUT2D eigenvalue weighted by Crippen LogP contribution is 2.42. The zero-order valence-corrected chi connectivity index (χ0v) is 13.2. The van der Waals surface area contributed by atoms with Crippen LogP contribution in [-0.4, -0.2) is 25.0 Å². The summed E-state index contributed by atoms with van der Waals surface area (Å²) in [5.74, 6) is 2.43. The van der Waals surface area contributed by atoms with Crippen molar-refractivity contribution in [3.63, 3.8) is 0 Å². The maximum atomic E-state index is 12.3. The molecule has 1 aliphatic heterocycles. The Hall–Kier alpha value is -0.280. The summed E-state index contributed by atoms with van der Waals surface area (Å²) in [4.78, 5) is 12.3. The van der Waals surface area contributed by atoms with E-state index in [1.54, 1.807) is 0 Å². The molecule has 116 valence electrons. The number of halogens is 1. The van der Waals surface area contributed by atoms with Crippen LogP contribution in [0.2, 0.25) is 0 Å². The van der Waals surface area contributed by atoms with E-state index in [4.69, 9.17) is 0 Å². The molecule has 1 amide bonds. The summed E-state index contributed by atoms with van der Waals surface area (Å²) >= 11 is 0. The molecule has 3 aliphatic rings. The van der Waals surface area contributed by atoms with Gasteiger partial charge in [0.25, 0.3) is 0 Å². The van der Waals surface area contributed by atoms with Crippen LogP contribution in [0.5, 0.6) is 0 Å². The molecular weight excluding hydrogens is 272 g/mol. The lowest BCUT2D eigenvalue weighted by Gasteiger charge is -2.38. The van der Waals surface area contributed by atoms with Crippen molar-refractivity contribution in [2.45, 2.75) is 63.8 Å². The number of fused-ring (bicyclic) bond motifs is 1. The molecule has 0 bridgehead atoms. The summed E-state index contributed by atoms with van der Waals surface area (Å²) in [7, 11) is 0. The Kier molecular flexibility index (Phi) is 6.16. The van der Waals surface area contributed by atoms with Gasteiger partial charge in [0.15, 0.2) is 0 Å². The third kappa shape index (κ3) is 3.88. The molecule has 3 fully saturated rings. The number of hydrogen-bond acceptors (Lipinski definition) is 2. The molecule has 2 saturated carbocycles. The molecule has 2 aliphatic carbocycles. The highest BCUT2D eigenvalue weighted by molar-refractivity contribution is 5.85. The molecule has 0 aromatic rings. The Morgan fingerprint density at radius 1 is 1.00 bits per heavy atom. The molecule has 0 radical (unpaired) electrons. The summed E-state index contributed by atoms with van der Waals surface area (Å²) in [5.41, 5.74) is 0. The average Bonchev–Trinajstić information content (AvgIpc) is 2.97. The second kappa shape index (κ2) is 7.65. The van der Waals surface area contributed by atoms with Gasteiger partial charge < -0.3 is 10.6 Å². The zero-order valence-electron chi connectivity index (χ0n) is 12.4. The number of hydrogen-bond donors (Lipinski definition) is 2. The largest absolute Gasteiger partial charge is 0.354 e. The summed E-state index contributed by atoms with van der Waals surface area (Å²) < 4.78 is 0. The van der Waals surface area contributed by atoms with Crippen molar-refractivity contribution in [2.24, 2.45) is 17.8 Å². The smallest absolute Gasteiger partial charge is 0.223 e. The number of carbonyl (C=O) groups is 1. The van der Waals surface area contributed by atoms with Crippen LogP contribution < -0.4 is 10.6 Å². The van der Waals surface area contributed by atoms with E-state index in [-0.39, 0.29) is 12.4 Å². The van der Waals surface area contributed by atoms with Crippen LogP contribution in [0, 0.1) is 17.8 Å². The first-order valence-electron chi connectivity index (χ1n) is 8.34. The lowest BCUT2D eigenvalue weighted by atomic mass is 9.67. The van der Waals surface area contributed by atoms with Gasteiger partial charge in [-0.25, -0.2) is 0 Å². The maximum Gasteiger partial charge on any atom is 0.223 e. The van der Waals surface area contributed by atoms with Crippen LogP contribution in [0.25, 0.3) is 0 Å². The maximum absolute atomic E-state index is 12.3. The van der Waals surface area contributed by atoms with Gasteiger partial charge in [-0.3, -0.25) is 4.79 Å². The fourth-order valence-corrected chi connectivity index (χ4v) is 4.41. The minimum absolute atomic E-state index is 0. The summed E-state index contributed by atoms with van der Waals surface area (Å²) in [6.45, 7) is 1.96. The summed E-state index contributed by atoms with van der Waals surface area (Å²) in [5, 5.41) is 6.63. The van der Waals surface area contributed by atoms with Gasteiger partial charge in [0.1, 0.15) is 0 Å². The first kappa shape index (κ1) is 16.1. The number of nitrogens with one attached hydrogen (secondary N) is 2. The molecule has 0 aromatic heterocycles. The first-order chi connectivity index (χ1) is 9.33. The van der Waals surface area contributed by atoms with Crippen molar-refractivity contribution < 1.29 is 4.79 Å². The predicted molar refractivity (Wildman–Crippen MR) is 84.1 cm³/mol. The quantitative estimate of drug-likeness (QED) is 0.841. The fraction of sp³-hybridized carbons (Fsp3) is 0.938. The Labute approximate surface area is 129 Å². The molecule has 1 saturated heterocycles. The number of carbonyl (C=O) groups excluding carboxylic acids is 1. The van der Waals surface area contributed by atoms with Gasteiger partial charge in [-0.1, -0.05) is 25.7 Å². The topological polar surface area (TPSA) is 41.1 Å². The van der Waals surface area contributed by atoms with E-state index < -0.39 is 0 Å². The van der Waals surface area contributed by atoms with Crippen molar-refractivity contribution in [2.75, 3.05) is 13.1 Å². The average molecular weight is 301 g/mol. The monoisotopic (exact) mass is 300 g/mol. The van der Waals surface area contributed by atoms with Gasteiger partial charge >= 0.3 is 0 Å². The van der Waals surface area contributed by atoms with E-state index in [1.807, 2.05) is 0 Å². The molecule has 20 heavy (non-hydrogen) atoms. The van der Waals surface area contributed by atoms with Crippen LogP contribution >= 0.6 is 12.4 Å². The zero-order chi connectivity index (χ0) is 13.1. The van der Waals surface area contributed by atoms with E-state index in [0.29, 0.717) is 17.9 Å². The Balaban J connectivity index is 0.00000147. The molecule has 4 unspecified atom stereocenters. The van der Waals surface area contributed by atoms with Crippen molar-refractivity contribution in [1.29, 1.82) is 0 Å². The normalized spacial score (nSPS) is 36.8. The highest BCUT2D eigenvalue weighted by atomic mass is 35.5. The van der Waals surface area contributed by atoms with Gasteiger partial charge in [-0.2, -0.15) is 0 Å². The number of amides is 1. The SMILES string of the molecule is Cl.O=C(NCC1CCCN1)C1CCC2CCCCC2C1. The lowest BCUT2D eigenvalue weighted by Crippen LogP contribution is -2.42. The van der Waals surface area contributed by atoms with E-state index in [2.05, 4.69) is 10.6 Å². The molecule has 3 nitrogen and oxygen atoms in total. The van der Waals surface area contributed by atoms with Crippen molar-refractivity contribution in [3.05, 3.63) is 0 Å². The van der Waals surface area contributed by atoms with Crippen molar-refractivity contribution in [3.8, 4) is 0 Å². The molecular formula is C16H29ClN2O. The highest BCUT2D eigenvalue weighted by Gasteiger charge is 2.35. The van der Waals surface area contributed by atoms with E-state index >= 15 is 0 Å². The van der Waals surface area contributed by atoms with Gasteiger partial charge in [0, 0.05) is 18.5 Å². The standard InChI is InChI=1S/C16H28N2O.ClH/c19-16(18-11-15-6-3-9-17-15)14-8-7-12-4-1-2-5-13(12)10-14;/h12-15,17H,1-11H2,(H,18,19);1H. The Bertz CT molecular complexity index is 318. The van der Waals surface area contributed by atoms with Gasteiger partial charge in [0.2, 0.25) is 5.91 Å². The van der Waals surface area contributed by atoms with Crippen molar-refractivity contribution >= 4 is 18.3 Å². The minimum atomic E-state index is 0. The molecule has 0 spiro atoms. The van der Waals surface area contributed by atoms with Gasteiger partial charge in [-0.05, 0) is 50.5 Å². The van der Waals surface area contributed by atoms with E-state index in [9.17, 15) is 4.79 Å². The first-order valence-corrected chi connectivity index (χ1v) is 8.34. The fourth-order valence-electron chi connectivity index (χ4n) is 4.41. The Morgan fingerprint density at radius 2 is 1.80 bits per heavy atom. The summed E-state index contributed by atoms with van der Waals surface area (Å²) in [6, 6.07) is 0.523. The third-order valence-corrected chi connectivity index (χ3v) is 5.60. The lowest BCUT2D eigenvalue weighted by molar-refractivity contribution is -0.127. The van der Waals surface area contributed by atoms with Crippen molar-refractivity contribution in [1.82, 2.24) is 10.6 Å².